The maximum absolute atomic E-state index is 12.6. The van der Waals surface area contributed by atoms with Crippen LogP contribution in [0, 0.1) is 0 Å². The number of ether oxygens (including phenoxy) is 1. The molecular formula is C24H38BrClN2O2. The minimum atomic E-state index is -0.271. The van der Waals surface area contributed by atoms with Crippen molar-refractivity contribution in [1.82, 2.24) is 4.90 Å². The van der Waals surface area contributed by atoms with Crippen LogP contribution in [0.5, 0.6) is 0 Å². The van der Waals surface area contributed by atoms with E-state index in [4.69, 9.17) is 22.1 Å². The molecule has 0 spiro atoms. The molecule has 1 aromatic rings. The standard InChI is InChI=1S/C24H38BrClN2O2/c1-3-28(21-12-8-6-9-13-21)17-20-15-19(16-22(25)23(20)27)24(29)30-14-10-5-4-7-11-18(2)26/h15-16,18,21H,3-14,17,27H2,1-2H3. The largest absolute Gasteiger partial charge is 0.462 e. The Morgan fingerprint density at radius 2 is 1.93 bits per heavy atom. The molecule has 0 aliphatic heterocycles. The molecule has 4 nitrogen and oxygen atoms in total. The first-order valence-corrected chi connectivity index (χ1v) is 12.8. The second-order valence-electron chi connectivity index (χ2n) is 8.51. The van der Waals surface area contributed by atoms with E-state index >= 15 is 0 Å². The van der Waals surface area contributed by atoms with E-state index in [2.05, 4.69) is 27.8 Å². The molecule has 1 atom stereocenters. The minimum absolute atomic E-state index is 0.239. The molecule has 2 rings (SSSR count). The number of anilines is 1. The quantitative estimate of drug-likeness (QED) is 0.146. The molecule has 0 bridgehead atoms. The average molecular weight is 502 g/mol. The van der Waals surface area contributed by atoms with Gasteiger partial charge in [-0.15, -0.1) is 11.6 Å². The number of hydrogen-bond donors (Lipinski definition) is 1. The van der Waals surface area contributed by atoms with Crippen molar-refractivity contribution in [3.05, 3.63) is 27.7 Å². The number of alkyl halides is 1. The summed E-state index contributed by atoms with van der Waals surface area (Å²) >= 11 is 9.50. The number of carbonyl (C=O) groups excluding carboxylic acids is 1. The molecule has 0 heterocycles. The Bertz CT molecular complexity index is 663. The van der Waals surface area contributed by atoms with Crippen molar-refractivity contribution < 1.29 is 9.53 Å². The first-order chi connectivity index (χ1) is 14.4. The fraction of sp³-hybridized carbons (Fsp3) is 0.708. The van der Waals surface area contributed by atoms with Crippen LogP contribution in [0.4, 0.5) is 5.69 Å². The van der Waals surface area contributed by atoms with Crippen molar-refractivity contribution in [2.75, 3.05) is 18.9 Å². The molecular weight excluding hydrogens is 464 g/mol. The van der Waals surface area contributed by atoms with E-state index in [1.54, 1.807) is 6.07 Å². The van der Waals surface area contributed by atoms with Crippen molar-refractivity contribution in [1.29, 1.82) is 0 Å². The molecule has 0 amide bonds. The van der Waals surface area contributed by atoms with Crippen molar-refractivity contribution in [2.24, 2.45) is 0 Å². The molecule has 1 aliphatic carbocycles. The van der Waals surface area contributed by atoms with Crippen LogP contribution in [-0.4, -0.2) is 35.4 Å². The summed E-state index contributed by atoms with van der Waals surface area (Å²) in [5.41, 5.74) is 8.63. The molecule has 1 unspecified atom stereocenters. The lowest BCUT2D eigenvalue weighted by molar-refractivity contribution is 0.0497. The van der Waals surface area contributed by atoms with Gasteiger partial charge in [-0.05, 0) is 72.8 Å². The summed E-state index contributed by atoms with van der Waals surface area (Å²) in [5.74, 6) is -0.271. The third kappa shape index (κ3) is 8.39. The summed E-state index contributed by atoms with van der Waals surface area (Å²) in [6.45, 7) is 6.43. The van der Waals surface area contributed by atoms with Crippen LogP contribution in [-0.2, 0) is 11.3 Å². The van der Waals surface area contributed by atoms with Gasteiger partial charge in [0.25, 0.3) is 0 Å². The van der Waals surface area contributed by atoms with Crippen molar-refractivity contribution >= 4 is 39.2 Å². The first-order valence-electron chi connectivity index (χ1n) is 11.6. The summed E-state index contributed by atoms with van der Waals surface area (Å²) in [5, 5.41) is 0.239. The maximum Gasteiger partial charge on any atom is 0.338 e. The molecule has 0 saturated heterocycles. The fourth-order valence-electron chi connectivity index (χ4n) is 4.22. The number of rotatable bonds is 12. The van der Waals surface area contributed by atoms with Gasteiger partial charge in [0.2, 0.25) is 0 Å². The summed E-state index contributed by atoms with van der Waals surface area (Å²) in [6.07, 6.45) is 11.7. The van der Waals surface area contributed by atoms with Crippen molar-refractivity contribution in [3.63, 3.8) is 0 Å². The van der Waals surface area contributed by atoms with E-state index in [0.29, 0.717) is 23.9 Å². The lowest BCUT2D eigenvalue weighted by Crippen LogP contribution is -2.36. The number of benzene rings is 1. The minimum Gasteiger partial charge on any atom is -0.462 e. The Labute approximate surface area is 196 Å². The number of nitrogens with two attached hydrogens (primary N) is 1. The zero-order valence-electron chi connectivity index (χ0n) is 18.6. The molecule has 0 radical (unpaired) electrons. The maximum atomic E-state index is 12.6. The summed E-state index contributed by atoms with van der Waals surface area (Å²) in [6, 6.07) is 4.30. The highest BCUT2D eigenvalue weighted by molar-refractivity contribution is 9.10. The van der Waals surface area contributed by atoms with E-state index in [1.165, 1.54) is 32.1 Å². The topological polar surface area (TPSA) is 55.6 Å². The molecule has 170 valence electrons. The van der Waals surface area contributed by atoms with Gasteiger partial charge in [-0.2, -0.15) is 0 Å². The van der Waals surface area contributed by atoms with E-state index in [1.807, 2.05) is 13.0 Å². The third-order valence-electron chi connectivity index (χ3n) is 6.05. The summed E-state index contributed by atoms with van der Waals surface area (Å²) < 4.78 is 6.28. The summed E-state index contributed by atoms with van der Waals surface area (Å²) in [4.78, 5) is 15.1. The van der Waals surface area contributed by atoms with Gasteiger partial charge in [0.15, 0.2) is 0 Å². The van der Waals surface area contributed by atoms with Crippen LogP contribution in [0.15, 0.2) is 16.6 Å². The van der Waals surface area contributed by atoms with E-state index < -0.39 is 0 Å². The molecule has 0 aromatic heterocycles. The SMILES string of the molecule is CCN(Cc1cc(C(=O)OCCCCCCC(C)Cl)cc(Br)c1N)C1CCCCC1. The van der Waals surface area contributed by atoms with Crippen molar-refractivity contribution in [3.8, 4) is 0 Å². The number of carbonyl (C=O) groups is 1. The van der Waals surface area contributed by atoms with Gasteiger partial charge in [-0.25, -0.2) is 4.79 Å². The van der Waals surface area contributed by atoms with Crippen LogP contribution in [0.2, 0.25) is 0 Å². The average Bonchev–Trinajstić information content (AvgIpc) is 2.74. The van der Waals surface area contributed by atoms with Crippen LogP contribution in [0.3, 0.4) is 0 Å². The summed E-state index contributed by atoms with van der Waals surface area (Å²) in [7, 11) is 0. The van der Waals surface area contributed by atoms with Gasteiger partial charge in [-0.3, -0.25) is 4.90 Å². The van der Waals surface area contributed by atoms with E-state index in [-0.39, 0.29) is 11.3 Å². The Morgan fingerprint density at radius 3 is 2.60 bits per heavy atom. The highest BCUT2D eigenvalue weighted by Gasteiger charge is 2.22. The van der Waals surface area contributed by atoms with Crippen LogP contribution in [0.25, 0.3) is 0 Å². The van der Waals surface area contributed by atoms with Crippen LogP contribution in [0.1, 0.15) is 94.0 Å². The van der Waals surface area contributed by atoms with Crippen LogP contribution >= 0.6 is 27.5 Å². The Morgan fingerprint density at radius 1 is 1.23 bits per heavy atom. The Kier molecular flexibility index (Phi) is 11.5. The number of esters is 1. The second-order valence-corrected chi connectivity index (χ2v) is 10.1. The molecule has 30 heavy (non-hydrogen) atoms. The van der Waals surface area contributed by atoms with Crippen LogP contribution < -0.4 is 5.73 Å². The number of hydrogen-bond acceptors (Lipinski definition) is 4. The Hall–Kier alpha value is -0.780. The molecule has 1 aromatic carbocycles. The number of nitrogens with zero attached hydrogens (tertiary/aromatic N) is 1. The second kappa shape index (κ2) is 13.6. The number of halogens is 2. The Balaban J connectivity index is 1.90. The van der Waals surface area contributed by atoms with E-state index in [9.17, 15) is 4.79 Å². The molecule has 1 fully saturated rings. The van der Waals surface area contributed by atoms with Gasteiger partial charge in [-0.1, -0.05) is 45.4 Å². The number of nitrogen functional groups attached to an aromatic ring is 1. The first kappa shape index (κ1) is 25.5. The fourth-order valence-corrected chi connectivity index (χ4v) is 4.87. The van der Waals surface area contributed by atoms with Gasteiger partial charge < -0.3 is 10.5 Å². The van der Waals surface area contributed by atoms with Gasteiger partial charge >= 0.3 is 5.97 Å². The monoisotopic (exact) mass is 500 g/mol. The van der Waals surface area contributed by atoms with E-state index in [0.717, 1.165) is 55.2 Å². The predicted octanol–water partition coefficient (Wildman–Crippen LogP) is 6.92. The predicted molar refractivity (Wildman–Crippen MR) is 130 cm³/mol. The zero-order chi connectivity index (χ0) is 21.9. The highest BCUT2D eigenvalue weighted by atomic mass is 79.9. The molecule has 1 saturated carbocycles. The van der Waals surface area contributed by atoms with Gasteiger partial charge in [0.05, 0.1) is 17.9 Å². The smallest absolute Gasteiger partial charge is 0.338 e. The van der Waals surface area contributed by atoms with Gasteiger partial charge in [0, 0.05) is 22.4 Å². The van der Waals surface area contributed by atoms with Crippen molar-refractivity contribution in [2.45, 2.75) is 96.0 Å². The lowest BCUT2D eigenvalue weighted by Gasteiger charge is -2.34. The third-order valence-corrected chi connectivity index (χ3v) is 6.93. The number of unbranched alkanes of at least 4 members (excludes halogenated alkanes) is 3. The molecule has 6 heteroatoms. The highest BCUT2D eigenvalue weighted by Crippen LogP contribution is 2.30. The lowest BCUT2D eigenvalue weighted by atomic mass is 9.93. The zero-order valence-corrected chi connectivity index (χ0v) is 20.9. The molecule has 1 aliphatic rings. The normalized spacial score (nSPS) is 16.0. The van der Waals surface area contributed by atoms with Gasteiger partial charge in [0.1, 0.15) is 0 Å². The molecule has 2 N–H and O–H groups in total.